The van der Waals surface area contributed by atoms with E-state index in [2.05, 4.69) is 29.0 Å². The van der Waals surface area contributed by atoms with Crippen LogP contribution in [0.15, 0.2) is 12.4 Å². The molecule has 1 aliphatic rings. The van der Waals surface area contributed by atoms with Crippen LogP contribution in [0.2, 0.25) is 0 Å². The predicted octanol–water partition coefficient (Wildman–Crippen LogP) is 2.43. The van der Waals surface area contributed by atoms with Gasteiger partial charge >= 0.3 is 6.18 Å². The van der Waals surface area contributed by atoms with Gasteiger partial charge in [-0.1, -0.05) is 13.8 Å². The summed E-state index contributed by atoms with van der Waals surface area (Å²) in [6.45, 7) is 7.83. The Morgan fingerprint density at radius 3 is 2.46 bits per heavy atom. The number of carbonyl (C=O) groups is 1. The van der Waals surface area contributed by atoms with Gasteiger partial charge in [0, 0.05) is 39.1 Å². The number of aromatic nitrogens is 2. The molecule has 1 aliphatic heterocycles. The number of amides is 1. The summed E-state index contributed by atoms with van der Waals surface area (Å²) in [6, 6.07) is 0. The lowest BCUT2D eigenvalue weighted by molar-refractivity contribution is -0.271. The molecule has 3 atom stereocenters. The Morgan fingerprint density at radius 1 is 1.29 bits per heavy atom. The van der Waals surface area contributed by atoms with Gasteiger partial charge in [0.1, 0.15) is 0 Å². The summed E-state index contributed by atoms with van der Waals surface area (Å²) >= 11 is 0. The van der Waals surface area contributed by atoms with E-state index in [4.69, 9.17) is 0 Å². The normalized spacial score (nSPS) is 23.4. The molecule has 1 saturated heterocycles. The molecule has 28 heavy (non-hydrogen) atoms. The van der Waals surface area contributed by atoms with E-state index in [1.165, 1.54) is 19.7 Å². The number of carbonyl (C=O) groups excluding carboxylic acids is 1. The summed E-state index contributed by atoms with van der Waals surface area (Å²) in [5, 5.41) is 12.7. The van der Waals surface area contributed by atoms with Gasteiger partial charge in [0.25, 0.3) is 0 Å². The first-order valence-corrected chi connectivity index (χ1v) is 9.79. The summed E-state index contributed by atoms with van der Waals surface area (Å²) in [4.78, 5) is 18.0. The number of aryl methyl sites for hydroxylation is 1. The van der Waals surface area contributed by atoms with Crippen molar-refractivity contribution in [3.8, 4) is 0 Å². The number of piperidine rings is 1. The fraction of sp³-hybridized carbons (Fsp3) is 0.789. The zero-order valence-corrected chi connectivity index (χ0v) is 16.8. The Hall–Kier alpha value is -1.61. The standard InChI is InChI=1S/C19H31F3N4O2/c1-14-10-15(2)13-26(12-14)8-5-4-6-23-16(27)11-18(28,19(20,21)22)17-24-7-9-25(17)3/h7,9,14-15,28H,4-6,8,10-13H2,1-3H3,(H,23,27). The third kappa shape index (κ3) is 5.70. The molecule has 0 bridgehead atoms. The van der Waals surface area contributed by atoms with Crippen molar-refractivity contribution in [2.45, 2.75) is 51.3 Å². The summed E-state index contributed by atoms with van der Waals surface area (Å²) < 4.78 is 41.4. The molecule has 1 amide bonds. The highest BCUT2D eigenvalue weighted by Crippen LogP contribution is 2.40. The van der Waals surface area contributed by atoms with E-state index in [0.29, 0.717) is 18.3 Å². The number of nitrogens with zero attached hydrogens (tertiary/aromatic N) is 3. The third-order valence-electron chi connectivity index (χ3n) is 5.24. The topological polar surface area (TPSA) is 70.4 Å². The number of unbranched alkanes of at least 4 members (excludes halogenated alkanes) is 1. The van der Waals surface area contributed by atoms with Crippen molar-refractivity contribution in [3.63, 3.8) is 0 Å². The van der Waals surface area contributed by atoms with Crippen molar-refractivity contribution in [2.75, 3.05) is 26.2 Å². The maximum absolute atomic E-state index is 13.4. The van der Waals surface area contributed by atoms with Crippen LogP contribution < -0.4 is 5.32 Å². The maximum atomic E-state index is 13.4. The Morgan fingerprint density at radius 2 is 1.93 bits per heavy atom. The van der Waals surface area contributed by atoms with Gasteiger partial charge in [-0.15, -0.1) is 0 Å². The number of hydrogen-bond acceptors (Lipinski definition) is 4. The molecule has 3 unspecified atom stereocenters. The van der Waals surface area contributed by atoms with E-state index in [9.17, 15) is 23.1 Å². The number of aliphatic hydroxyl groups is 1. The monoisotopic (exact) mass is 404 g/mol. The molecular formula is C19H31F3N4O2. The lowest BCUT2D eigenvalue weighted by Crippen LogP contribution is -2.48. The molecule has 2 rings (SSSR count). The second kappa shape index (κ2) is 9.26. The van der Waals surface area contributed by atoms with E-state index >= 15 is 0 Å². The summed E-state index contributed by atoms with van der Waals surface area (Å²) in [7, 11) is 1.35. The molecule has 6 nitrogen and oxygen atoms in total. The fourth-order valence-corrected chi connectivity index (χ4v) is 4.03. The molecule has 2 N–H and O–H groups in total. The molecule has 1 aromatic rings. The van der Waals surface area contributed by atoms with Gasteiger partial charge in [-0.2, -0.15) is 13.2 Å². The van der Waals surface area contributed by atoms with E-state index in [0.717, 1.165) is 36.8 Å². The smallest absolute Gasteiger partial charge is 0.374 e. The van der Waals surface area contributed by atoms with Crippen molar-refractivity contribution in [2.24, 2.45) is 18.9 Å². The number of hydrogen-bond donors (Lipinski definition) is 2. The summed E-state index contributed by atoms with van der Waals surface area (Å²) in [5.41, 5.74) is -3.31. The van der Waals surface area contributed by atoms with Crippen LogP contribution in [0.3, 0.4) is 0 Å². The zero-order valence-electron chi connectivity index (χ0n) is 16.8. The second-order valence-electron chi connectivity index (χ2n) is 8.16. The van der Waals surface area contributed by atoms with E-state index in [-0.39, 0.29) is 6.54 Å². The van der Waals surface area contributed by atoms with Gasteiger partial charge in [0.15, 0.2) is 5.82 Å². The van der Waals surface area contributed by atoms with Crippen LogP contribution in [0, 0.1) is 11.8 Å². The molecule has 2 heterocycles. The first-order valence-electron chi connectivity index (χ1n) is 9.79. The van der Waals surface area contributed by atoms with Crippen molar-refractivity contribution in [1.82, 2.24) is 19.8 Å². The Balaban J connectivity index is 1.78. The molecule has 0 spiro atoms. The second-order valence-corrected chi connectivity index (χ2v) is 8.16. The average molecular weight is 404 g/mol. The SMILES string of the molecule is CC1CC(C)CN(CCCCNC(=O)CC(O)(c2nccn2C)C(F)(F)F)C1. The van der Waals surface area contributed by atoms with Crippen LogP contribution in [0.25, 0.3) is 0 Å². The van der Waals surface area contributed by atoms with E-state index in [1.807, 2.05) is 0 Å². The Kier molecular flexibility index (Phi) is 7.50. The van der Waals surface area contributed by atoms with E-state index in [1.54, 1.807) is 0 Å². The molecule has 1 fully saturated rings. The highest BCUT2D eigenvalue weighted by molar-refractivity contribution is 5.77. The first-order chi connectivity index (χ1) is 13.0. The average Bonchev–Trinajstić information content (AvgIpc) is 2.99. The van der Waals surface area contributed by atoms with Crippen molar-refractivity contribution >= 4 is 5.91 Å². The molecule has 160 valence electrons. The van der Waals surface area contributed by atoms with E-state index < -0.39 is 29.9 Å². The zero-order chi connectivity index (χ0) is 20.9. The van der Waals surface area contributed by atoms with Gasteiger partial charge in [-0.05, 0) is 37.6 Å². The largest absolute Gasteiger partial charge is 0.425 e. The lowest BCUT2D eigenvalue weighted by Gasteiger charge is -2.35. The van der Waals surface area contributed by atoms with Gasteiger partial charge in [0.2, 0.25) is 11.5 Å². The third-order valence-corrected chi connectivity index (χ3v) is 5.24. The van der Waals surface area contributed by atoms with Crippen LogP contribution in [0.4, 0.5) is 13.2 Å². The number of rotatable bonds is 8. The van der Waals surface area contributed by atoms with Gasteiger partial charge in [-0.3, -0.25) is 4.79 Å². The van der Waals surface area contributed by atoms with Crippen molar-refractivity contribution in [1.29, 1.82) is 0 Å². The highest BCUT2D eigenvalue weighted by atomic mass is 19.4. The van der Waals surface area contributed by atoms with Gasteiger partial charge in [-0.25, -0.2) is 4.98 Å². The van der Waals surface area contributed by atoms with Crippen LogP contribution in [-0.4, -0.2) is 57.8 Å². The minimum absolute atomic E-state index is 0.284. The predicted molar refractivity (Wildman–Crippen MR) is 99.4 cm³/mol. The van der Waals surface area contributed by atoms with Crippen LogP contribution in [0.1, 0.15) is 45.4 Å². The van der Waals surface area contributed by atoms with Gasteiger partial charge < -0.3 is 19.9 Å². The molecule has 0 radical (unpaired) electrons. The lowest BCUT2D eigenvalue weighted by atomic mass is 9.92. The first kappa shape index (κ1) is 22.7. The molecule has 1 aromatic heterocycles. The minimum Gasteiger partial charge on any atom is -0.374 e. The molecule has 9 heteroatoms. The minimum atomic E-state index is -5.01. The highest BCUT2D eigenvalue weighted by Gasteiger charge is 2.58. The van der Waals surface area contributed by atoms with Crippen molar-refractivity contribution in [3.05, 3.63) is 18.2 Å². The number of imidazole rings is 1. The summed E-state index contributed by atoms with van der Waals surface area (Å²) in [6.07, 6.45) is -0.878. The Bertz CT molecular complexity index is 639. The maximum Gasteiger partial charge on any atom is 0.425 e. The quantitative estimate of drug-likeness (QED) is 0.653. The van der Waals surface area contributed by atoms with Crippen LogP contribution in [0.5, 0.6) is 0 Å². The van der Waals surface area contributed by atoms with Crippen LogP contribution in [-0.2, 0) is 17.4 Å². The number of alkyl halides is 3. The van der Waals surface area contributed by atoms with Crippen molar-refractivity contribution < 1.29 is 23.1 Å². The molecule has 0 saturated carbocycles. The van der Waals surface area contributed by atoms with Gasteiger partial charge in [0.05, 0.1) is 6.42 Å². The molecular weight excluding hydrogens is 373 g/mol. The number of halogens is 3. The Labute approximate surface area is 164 Å². The molecule has 0 aromatic carbocycles. The molecule has 0 aliphatic carbocycles. The summed E-state index contributed by atoms with van der Waals surface area (Å²) in [5.74, 6) is -0.0872. The van der Waals surface area contributed by atoms with Crippen LogP contribution >= 0.6 is 0 Å². The fourth-order valence-electron chi connectivity index (χ4n) is 4.03. The number of nitrogens with one attached hydrogen (secondary N) is 1. The number of likely N-dealkylation sites (tertiary alicyclic amines) is 1.